The maximum atomic E-state index is 12.9. The van der Waals surface area contributed by atoms with Crippen molar-refractivity contribution in [3.63, 3.8) is 0 Å². The predicted molar refractivity (Wildman–Crippen MR) is 132 cm³/mol. The third-order valence-corrected chi connectivity index (χ3v) is 5.80. The minimum Gasteiger partial charge on any atom is -0.447 e. The number of carbonyl (C=O) groups is 3. The summed E-state index contributed by atoms with van der Waals surface area (Å²) < 4.78 is 11.2. The quantitative estimate of drug-likeness (QED) is 0.377. The lowest BCUT2D eigenvalue weighted by Gasteiger charge is -2.46. The molecular formula is C29H27NO5. The minimum atomic E-state index is -0.977. The number of nitrogens with zero attached hydrogens (tertiary/aromatic N) is 1. The molecule has 0 spiro atoms. The fourth-order valence-electron chi connectivity index (χ4n) is 4.22. The summed E-state index contributed by atoms with van der Waals surface area (Å²) in [4.78, 5) is 39.5. The fraction of sp³-hybridized carbons (Fsp3) is 0.345. The van der Waals surface area contributed by atoms with Crippen molar-refractivity contribution in [2.24, 2.45) is 5.92 Å². The smallest absolute Gasteiger partial charge is 0.417 e. The molecule has 178 valence electrons. The van der Waals surface area contributed by atoms with Gasteiger partial charge in [-0.3, -0.25) is 9.59 Å². The molecule has 0 saturated carbocycles. The lowest BCUT2D eigenvalue weighted by Crippen LogP contribution is -2.68. The molecular weight excluding hydrogens is 442 g/mol. The molecule has 1 heterocycles. The van der Waals surface area contributed by atoms with E-state index >= 15 is 0 Å². The van der Waals surface area contributed by atoms with Crippen molar-refractivity contribution in [1.29, 1.82) is 0 Å². The van der Waals surface area contributed by atoms with Crippen LogP contribution in [0.25, 0.3) is 10.8 Å². The van der Waals surface area contributed by atoms with Crippen LogP contribution >= 0.6 is 0 Å². The topological polar surface area (TPSA) is 72.9 Å². The first kappa shape index (κ1) is 24.1. The van der Waals surface area contributed by atoms with Crippen molar-refractivity contribution in [2.45, 2.75) is 57.8 Å². The number of hydrogen-bond acceptors (Lipinski definition) is 5. The van der Waals surface area contributed by atoms with Crippen molar-refractivity contribution in [3.8, 4) is 23.7 Å². The summed E-state index contributed by atoms with van der Waals surface area (Å²) in [6.07, 6.45) is 2.26. The predicted octanol–water partition coefficient (Wildman–Crippen LogP) is 4.41. The Morgan fingerprint density at radius 1 is 1.06 bits per heavy atom. The summed E-state index contributed by atoms with van der Waals surface area (Å²) in [6.45, 7) is 5.17. The standard InChI is InChI=1S/C29H27NO5/c1-29(2,3)35-28(33)30-26-23(27(30)32)16-7-5-4-6-8-17-24(26)34-25(31)19-18-21-14-11-13-20-12-9-10-15-22(20)21/h4,6,9-15,23-24,26H,16,18-19H2,1-3H3/b6-4-/t23-,24-,26+/m1/s1. The van der Waals surface area contributed by atoms with Gasteiger partial charge in [-0.25, -0.2) is 9.69 Å². The number of esters is 1. The molecule has 2 amide bonds. The largest absolute Gasteiger partial charge is 0.447 e. The number of imide groups is 1. The average molecular weight is 470 g/mol. The zero-order valence-electron chi connectivity index (χ0n) is 20.0. The molecule has 0 aromatic heterocycles. The molecule has 1 aliphatic carbocycles. The Hall–Kier alpha value is -4.03. The highest BCUT2D eigenvalue weighted by atomic mass is 16.6. The number of likely N-dealkylation sites (tertiary alicyclic amines) is 1. The molecule has 2 aliphatic rings. The first-order valence-corrected chi connectivity index (χ1v) is 11.6. The van der Waals surface area contributed by atoms with Gasteiger partial charge in [0.1, 0.15) is 11.6 Å². The number of benzene rings is 2. The van der Waals surface area contributed by atoms with E-state index < -0.39 is 41.6 Å². The number of fused-ring (bicyclic) bond motifs is 2. The third-order valence-electron chi connectivity index (χ3n) is 5.80. The number of hydrogen-bond donors (Lipinski definition) is 0. The summed E-state index contributed by atoms with van der Waals surface area (Å²) in [7, 11) is 0. The minimum absolute atomic E-state index is 0.138. The molecule has 0 unspecified atom stereocenters. The van der Waals surface area contributed by atoms with E-state index in [1.807, 2.05) is 42.5 Å². The van der Waals surface area contributed by atoms with E-state index in [1.54, 1.807) is 32.9 Å². The number of aryl methyl sites for hydroxylation is 1. The highest BCUT2D eigenvalue weighted by molar-refractivity contribution is 6.00. The zero-order chi connectivity index (χ0) is 25.0. The van der Waals surface area contributed by atoms with Crippen LogP contribution in [0.3, 0.4) is 0 Å². The Balaban J connectivity index is 1.52. The zero-order valence-corrected chi connectivity index (χ0v) is 20.0. The maximum Gasteiger partial charge on any atom is 0.417 e. The number of amides is 2. The van der Waals surface area contributed by atoms with Gasteiger partial charge < -0.3 is 9.47 Å². The van der Waals surface area contributed by atoms with E-state index in [9.17, 15) is 14.4 Å². The van der Waals surface area contributed by atoms with E-state index in [2.05, 4.69) is 23.7 Å². The first-order chi connectivity index (χ1) is 16.7. The Morgan fingerprint density at radius 3 is 2.60 bits per heavy atom. The van der Waals surface area contributed by atoms with Gasteiger partial charge in [0, 0.05) is 12.8 Å². The lowest BCUT2D eigenvalue weighted by molar-refractivity contribution is -0.168. The van der Waals surface area contributed by atoms with Gasteiger partial charge in [0.2, 0.25) is 5.91 Å². The van der Waals surface area contributed by atoms with Crippen LogP contribution in [-0.2, 0) is 25.5 Å². The Labute approximate surface area is 205 Å². The van der Waals surface area contributed by atoms with Gasteiger partial charge in [-0.2, -0.15) is 0 Å². The van der Waals surface area contributed by atoms with Crippen LogP contribution in [0.4, 0.5) is 4.79 Å². The maximum absolute atomic E-state index is 12.9. The summed E-state index contributed by atoms with van der Waals surface area (Å²) in [6, 6.07) is 13.2. The van der Waals surface area contributed by atoms with E-state index in [0.717, 1.165) is 21.2 Å². The molecule has 4 rings (SSSR count). The number of allylic oxidation sites excluding steroid dienone is 2. The molecule has 3 atom stereocenters. The molecule has 2 aromatic carbocycles. The van der Waals surface area contributed by atoms with Crippen molar-refractivity contribution in [1.82, 2.24) is 4.90 Å². The second-order valence-corrected chi connectivity index (χ2v) is 9.48. The highest BCUT2D eigenvalue weighted by Crippen LogP contribution is 2.35. The highest BCUT2D eigenvalue weighted by Gasteiger charge is 2.56. The molecule has 1 fully saturated rings. The van der Waals surface area contributed by atoms with Crippen molar-refractivity contribution < 1.29 is 23.9 Å². The molecule has 6 nitrogen and oxygen atoms in total. The molecule has 1 aliphatic heterocycles. The fourth-order valence-corrected chi connectivity index (χ4v) is 4.22. The van der Waals surface area contributed by atoms with Crippen LogP contribution in [0.2, 0.25) is 0 Å². The summed E-state index contributed by atoms with van der Waals surface area (Å²) >= 11 is 0. The number of β-lactam (4-membered cyclic amide) rings is 1. The second-order valence-electron chi connectivity index (χ2n) is 9.48. The molecule has 0 radical (unpaired) electrons. The molecule has 0 bridgehead atoms. The molecule has 6 heteroatoms. The molecule has 2 aromatic rings. The number of rotatable bonds is 4. The van der Waals surface area contributed by atoms with Crippen molar-refractivity contribution in [2.75, 3.05) is 0 Å². The van der Waals surface area contributed by atoms with Crippen molar-refractivity contribution >= 4 is 28.7 Å². The van der Waals surface area contributed by atoms with E-state index in [-0.39, 0.29) is 12.8 Å². The van der Waals surface area contributed by atoms with Crippen LogP contribution in [0, 0.1) is 29.6 Å². The van der Waals surface area contributed by atoms with Gasteiger partial charge in [-0.15, -0.1) is 0 Å². The Bertz CT molecular complexity index is 1310. The normalized spacial score (nSPS) is 21.9. The lowest BCUT2D eigenvalue weighted by atomic mass is 9.81. The molecule has 0 N–H and O–H groups in total. The van der Waals surface area contributed by atoms with Gasteiger partial charge in [-0.1, -0.05) is 66.1 Å². The first-order valence-electron chi connectivity index (χ1n) is 11.6. The SMILES string of the molecule is CC(C)(C)OC(=O)N1C(=O)[C@@H]2CC#C/C=C\C#C[C@@H](OC(=O)CCc3cccc4ccccc34)[C@H]21. The summed E-state index contributed by atoms with van der Waals surface area (Å²) in [5.41, 5.74) is 0.263. The number of ether oxygens (including phenoxy) is 2. The van der Waals surface area contributed by atoms with Crippen LogP contribution < -0.4 is 0 Å². The van der Waals surface area contributed by atoms with E-state index in [1.165, 1.54) is 0 Å². The average Bonchev–Trinajstić information content (AvgIpc) is 2.80. The summed E-state index contributed by atoms with van der Waals surface area (Å²) in [5, 5.41) is 2.19. The van der Waals surface area contributed by atoms with Crippen LogP contribution in [0.5, 0.6) is 0 Å². The van der Waals surface area contributed by atoms with Crippen LogP contribution in [0.15, 0.2) is 54.6 Å². The second kappa shape index (κ2) is 10.1. The third kappa shape index (κ3) is 5.55. The van der Waals surface area contributed by atoms with Gasteiger partial charge in [0.15, 0.2) is 6.10 Å². The monoisotopic (exact) mass is 469 g/mol. The summed E-state index contributed by atoms with van der Waals surface area (Å²) in [5.74, 6) is 10.00. The Morgan fingerprint density at radius 2 is 1.80 bits per heavy atom. The van der Waals surface area contributed by atoms with Gasteiger partial charge in [-0.05, 0) is 55.7 Å². The van der Waals surface area contributed by atoms with Gasteiger partial charge >= 0.3 is 12.1 Å². The number of carbonyl (C=O) groups excluding carboxylic acids is 3. The van der Waals surface area contributed by atoms with E-state index in [4.69, 9.17) is 9.47 Å². The van der Waals surface area contributed by atoms with Crippen LogP contribution in [0.1, 0.15) is 39.2 Å². The molecule has 35 heavy (non-hydrogen) atoms. The van der Waals surface area contributed by atoms with Crippen molar-refractivity contribution in [3.05, 3.63) is 60.2 Å². The molecule has 1 saturated heterocycles. The van der Waals surface area contributed by atoms with Gasteiger partial charge in [0.25, 0.3) is 0 Å². The van der Waals surface area contributed by atoms with Gasteiger partial charge in [0.05, 0.1) is 5.92 Å². The van der Waals surface area contributed by atoms with E-state index in [0.29, 0.717) is 6.42 Å². The van der Waals surface area contributed by atoms with Crippen LogP contribution in [-0.4, -0.2) is 40.6 Å². The Kier molecular flexibility index (Phi) is 6.94.